The maximum absolute atomic E-state index is 13.2. The zero-order valence-electron chi connectivity index (χ0n) is 11.0. The fraction of sp³-hybridized carbons (Fsp3) is 0.600. The molecular formula is C15H22FNO. The molecule has 0 aromatic heterocycles. The Kier molecular flexibility index (Phi) is 4.72. The Morgan fingerprint density at radius 2 is 1.89 bits per heavy atom. The molecule has 0 aliphatic carbocycles. The number of β-amino-alcohol motifs (C(OH)–C–C–N with tert-alkyl or cyclic N) is 1. The van der Waals surface area contributed by atoms with Gasteiger partial charge in [0, 0.05) is 6.54 Å². The van der Waals surface area contributed by atoms with Gasteiger partial charge < -0.3 is 10.0 Å². The fourth-order valence-electron chi connectivity index (χ4n) is 2.54. The van der Waals surface area contributed by atoms with Gasteiger partial charge in [-0.2, -0.15) is 0 Å². The molecule has 1 aromatic rings. The van der Waals surface area contributed by atoms with Gasteiger partial charge in [-0.3, -0.25) is 0 Å². The van der Waals surface area contributed by atoms with E-state index in [2.05, 4.69) is 4.90 Å². The van der Waals surface area contributed by atoms with Crippen LogP contribution >= 0.6 is 0 Å². The lowest BCUT2D eigenvalue weighted by molar-refractivity contribution is 0.115. The van der Waals surface area contributed by atoms with Crippen molar-refractivity contribution in [2.75, 3.05) is 19.6 Å². The Labute approximate surface area is 108 Å². The summed E-state index contributed by atoms with van der Waals surface area (Å²) in [5.74, 6) is -0.208. The molecule has 2 rings (SSSR count). The molecule has 0 amide bonds. The van der Waals surface area contributed by atoms with Gasteiger partial charge in [0.25, 0.3) is 0 Å². The summed E-state index contributed by atoms with van der Waals surface area (Å²) >= 11 is 0. The third-order valence-corrected chi connectivity index (χ3v) is 3.70. The lowest BCUT2D eigenvalue weighted by atomic mass is 10.1. The van der Waals surface area contributed by atoms with E-state index in [1.807, 2.05) is 0 Å². The summed E-state index contributed by atoms with van der Waals surface area (Å²) in [5.41, 5.74) is 1.42. The Balaban J connectivity index is 1.97. The standard InChI is InChI=1S/C15H22FNO/c1-12-10-13(6-7-14(12)16)15(18)11-17-8-4-2-3-5-9-17/h6-7,10,15,18H,2-5,8-9,11H2,1H3. The molecule has 1 heterocycles. The van der Waals surface area contributed by atoms with Gasteiger partial charge in [0.2, 0.25) is 0 Å². The highest BCUT2D eigenvalue weighted by Gasteiger charge is 2.15. The minimum absolute atomic E-state index is 0.208. The maximum atomic E-state index is 13.2. The van der Waals surface area contributed by atoms with Crippen LogP contribution in [0.15, 0.2) is 18.2 Å². The van der Waals surface area contributed by atoms with Crippen molar-refractivity contribution in [1.82, 2.24) is 4.90 Å². The summed E-state index contributed by atoms with van der Waals surface area (Å²) in [6.07, 6.45) is 4.51. The van der Waals surface area contributed by atoms with Gasteiger partial charge in [0.05, 0.1) is 6.10 Å². The van der Waals surface area contributed by atoms with E-state index < -0.39 is 6.10 Å². The van der Waals surface area contributed by atoms with Crippen molar-refractivity contribution < 1.29 is 9.50 Å². The van der Waals surface area contributed by atoms with E-state index in [1.165, 1.54) is 31.7 Å². The van der Waals surface area contributed by atoms with Crippen molar-refractivity contribution in [1.29, 1.82) is 0 Å². The average molecular weight is 251 g/mol. The molecule has 1 aliphatic heterocycles. The van der Waals surface area contributed by atoms with E-state index in [0.29, 0.717) is 12.1 Å². The van der Waals surface area contributed by atoms with Crippen molar-refractivity contribution >= 4 is 0 Å². The molecular weight excluding hydrogens is 229 g/mol. The predicted molar refractivity (Wildman–Crippen MR) is 71.0 cm³/mol. The van der Waals surface area contributed by atoms with E-state index in [9.17, 15) is 9.50 Å². The molecule has 3 heteroatoms. The van der Waals surface area contributed by atoms with Gasteiger partial charge in [-0.05, 0) is 50.0 Å². The average Bonchev–Trinajstić information content (AvgIpc) is 2.61. The van der Waals surface area contributed by atoms with Crippen LogP contribution in [0.4, 0.5) is 4.39 Å². The Bertz CT molecular complexity index is 386. The van der Waals surface area contributed by atoms with E-state index in [0.717, 1.165) is 18.7 Å². The summed E-state index contributed by atoms with van der Waals surface area (Å²) in [5, 5.41) is 10.2. The van der Waals surface area contributed by atoms with Crippen LogP contribution in [0.3, 0.4) is 0 Å². The first-order chi connectivity index (χ1) is 8.66. The monoisotopic (exact) mass is 251 g/mol. The number of hydrogen-bond donors (Lipinski definition) is 1. The zero-order valence-corrected chi connectivity index (χ0v) is 11.0. The first-order valence-corrected chi connectivity index (χ1v) is 6.83. The van der Waals surface area contributed by atoms with E-state index in [1.54, 1.807) is 19.1 Å². The summed E-state index contributed by atoms with van der Waals surface area (Å²) in [6.45, 7) is 4.52. The van der Waals surface area contributed by atoms with Gasteiger partial charge in [0.1, 0.15) is 5.82 Å². The summed E-state index contributed by atoms with van der Waals surface area (Å²) in [4.78, 5) is 2.32. The topological polar surface area (TPSA) is 23.5 Å². The highest BCUT2D eigenvalue weighted by atomic mass is 19.1. The summed E-state index contributed by atoms with van der Waals surface area (Å²) in [6, 6.07) is 4.87. The molecule has 1 saturated heterocycles. The molecule has 18 heavy (non-hydrogen) atoms. The number of aliphatic hydroxyl groups excluding tert-OH is 1. The number of rotatable bonds is 3. The van der Waals surface area contributed by atoms with Crippen LogP contribution < -0.4 is 0 Å². The molecule has 1 N–H and O–H groups in total. The number of halogens is 1. The van der Waals surface area contributed by atoms with Gasteiger partial charge in [-0.1, -0.05) is 25.0 Å². The predicted octanol–water partition coefficient (Wildman–Crippen LogP) is 3.04. The lowest BCUT2D eigenvalue weighted by Gasteiger charge is -2.23. The van der Waals surface area contributed by atoms with Crippen molar-refractivity contribution in [3.63, 3.8) is 0 Å². The highest BCUT2D eigenvalue weighted by molar-refractivity contribution is 5.25. The smallest absolute Gasteiger partial charge is 0.126 e. The number of benzene rings is 1. The molecule has 0 spiro atoms. The van der Waals surface area contributed by atoms with E-state index >= 15 is 0 Å². The minimum Gasteiger partial charge on any atom is -0.387 e. The normalized spacial score (nSPS) is 19.5. The van der Waals surface area contributed by atoms with Crippen LogP contribution in [0.2, 0.25) is 0 Å². The second kappa shape index (κ2) is 6.30. The number of aliphatic hydroxyl groups is 1. The van der Waals surface area contributed by atoms with Crippen molar-refractivity contribution in [3.05, 3.63) is 35.1 Å². The minimum atomic E-state index is -0.512. The number of likely N-dealkylation sites (tertiary alicyclic amines) is 1. The van der Waals surface area contributed by atoms with Crippen molar-refractivity contribution in [3.8, 4) is 0 Å². The third kappa shape index (κ3) is 3.53. The van der Waals surface area contributed by atoms with Crippen LogP contribution in [0.1, 0.15) is 42.9 Å². The number of nitrogens with zero attached hydrogens (tertiary/aromatic N) is 1. The number of aryl methyl sites for hydroxylation is 1. The molecule has 1 atom stereocenters. The first-order valence-electron chi connectivity index (χ1n) is 6.83. The Morgan fingerprint density at radius 3 is 2.50 bits per heavy atom. The molecule has 2 nitrogen and oxygen atoms in total. The maximum Gasteiger partial charge on any atom is 0.126 e. The SMILES string of the molecule is Cc1cc(C(O)CN2CCCCCC2)ccc1F. The molecule has 1 fully saturated rings. The molecule has 0 radical (unpaired) electrons. The highest BCUT2D eigenvalue weighted by Crippen LogP contribution is 2.19. The molecule has 0 bridgehead atoms. The van der Waals surface area contributed by atoms with Crippen LogP contribution in [0, 0.1) is 12.7 Å². The van der Waals surface area contributed by atoms with Gasteiger partial charge in [0.15, 0.2) is 0 Å². The molecule has 1 aromatic carbocycles. The second-order valence-electron chi connectivity index (χ2n) is 5.24. The fourth-order valence-corrected chi connectivity index (χ4v) is 2.54. The van der Waals surface area contributed by atoms with Gasteiger partial charge in [-0.25, -0.2) is 4.39 Å². The van der Waals surface area contributed by atoms with Crippen LogP contribution in [0.5, 0.6) is 0 Å². The quantitative estimate of drug-likeness (QED) is 0.892. The lowest BCUT2D eigenvalue weighted by Crippen LogP contribution is -2.29. The number of hydrogen-bond acceptors (Lipinski definition) is 2. The Morgan fingerprint density at radius 1 is 1.22 bits per heavy atom. The molecule has 1 unspecified atom stereocenters. The molecule has 0 saturated carbocycles. The van der Waals surface area contributed by atoms with Gasteiger partial charge >= 0.3 is 0 Å². The molecule has 1 aliphatic rings. The largest absolute Gasteiger partial charge is 0.387 e. The van der Waals surface area contributed by atoms with Crippen molar-refractivity contribution in [2.45, 2.75) is 38.7 Å². The second-order valence-corrected chi connectivity index (χ2v) is 5.24. The zero-order chi connectivity index (χ0) is 13.0. The van der Waals surface area contributed by atoms with Crippen LogP contribution in [0.25, 0.3) is 0 Å². The van der Waals surface area contributed by atoms with Crippen LogP contribution in [-0.2, 0) is 0 Å². The summed E-state index contributed by atoms with van der Waals surface area (Å²) < 4.78 is 13.2. The third-order valence-electron chi connectivity index (χ3n) is 3.70. The van der Waals surface area contributed by atoms with Gasteiger partial charge in [-0.15, -0.1) is 0 Å². The van der Waals surface area contributed by atoms with Crippen LogP contribution in [-0.4, -0.2) is 29.6 Å². The van der Waals surface area contributed by atoms with E-state index in [-0.39, 0.29) is 5.82 Å². The van der Waals surface area contributed by atoms with Crippen molar-refractivity contribution in [2.24, 2.45) is 0 Å². The Hall–Kier alpha value is -0.930. The molecule has 100 valence electrons. The summed E-state index contributed by atoms with van der Waals surface area (Å²) in [7, 11) is 0. The van der Waals surface area contributed by atoms with E-state index in [4.69, 9.17) is 0 Å². The first kappa shape index (κ1) is 13.5.